The molecule has 14 aromatic rings. The topological polar surface area (TPSA) is 48.5 Å². The molecule has 5 nitrogen and oxygen atoms in total. The van der Waals surface area contributed by atoms with Crippen molar-refractivity contribution in [3.8, 4) is 56.7 Å². The molecule has 0 aliphatic carbocycles. The van der Waals surface area contributed by atoms with E-state index in [0.29, 0.717) is 17.5 Å². The monoisotopic (exact) mass is 865 g/mol. The van der Waals surface area contributed by atoms with E-state index < -0.39 is 0 Å². The van der Waals surface area contributed by atoms with Crippen molar-refractivity contribution >= 4 is 75.9 Å². The van der Waals surface area contributed by atoms with Crippen molar-refractivity contribution in [3.63, 3.8) is 0 Å². The average molecular weight is 866 g/mol. The minimum absolute atomic E-state index is 0.611. The first-order valence-corrected chi connectivity index (χ1v) is 23.1. The van der Waals surface area contributed by atoms with Gasteiger partial charge < -0.3 is 9.13 Å². The number of benzene rings is 11. The summed E-state index contributed by atoms with van der Waals surface area (Å²) in [7, 11) is 0. The Bertz CT molecular complexity index is 4320. The van der Waals surface area contributed by atoms with Crippen LogP contribution in [0.3, 0.4) is 0 Å². The highest BCUT2D eigenvalue weighted by molar-refractivity contribution is 6.21. The predicted molar refractivity (Wildman–Crippen MR) is 283 cm³/mol. The van der Waals surface area contributed by atoms with Gasteiger partial charge in [-0.05, 0) is 81.0 Å². The van der Waals surface area contributed by atoms with Gasteiger partial charge in [0.2, 0.25) is 0 Å². The molecule has 3 aromatic heterocycles. The summed E-state index contributed by atoms with van der Waals surface area (Å²) in [5.74, 6) is 1.87. The standard InChI is InChI=1S/C63H39N5/c1-3-17-42(18-4-1)61-64-62(66-63(65-61)46-32-34-50-43(37-46)30-29-40-15-7-9-23-49(40)50)45-19-13-22-48(38-45)68-59-51-24-10-8-16-41(51)31-35-55(59)54-27-14-26-52(60(54)68)44-33-36-58-56(39-44)53-25-11-12-28-57(53)67(58)47-20-5-2-6-21-47/h1-39H. The maximum absolute atomic E-state index is 5.27. The number of nitrogens with zero attached hydrogens (tertiary/aromatic N) is 5. The fourth-order valence-corrected chi connectivity index (χ4v) is 10.6. The van der Waals surface area contributed by atoms with Crippen molar-refractivity contribution in [3.05, 3.63) is 237 Å². The van der Waals surface area contributed by atoms with Crippen LogP contribution in [0.1, 0.15) is 0 Å². The van der Waals surface area contributed by atoms with Crippen LogP contribution in [0.25, 0.3) is 133 Å². The Kier molecular flexibility index (Phi) is 8.52. The van der Waals surface area contributed by atoms with Gasteiger partial charge in [0.25, 0.3) is 0 Å². The highest BCUT2D eigenvalue weighted by Crippen LogP contribution is 2.43. The van der Waals surface area contributed by atoms with Crippen LogP contribution in [0.15, 0.2) is 237 Å². The molecule has 0 fully saturated rings. The van der Waals surface area contributed by atoms with Gasteiger partial charge in [-0.25, -0.2) is 15.0 Å². The lowest BCUT2D eigenvalue weighted by Crippen LogP contribution is -2.01. The lowest BCUT2D eigenvalue weighted by atomic mass is 9.99. The summed E-state index contributed by atoms with van der Waals surface area (Å²) in [6.45, 7) is 0. The predicted octanol–water partition coefficient (Wildman–Crippen LogP) is 16.2. The van der Waals surface area contributed by atoms with Crippen molar-refractivity contribution < 1.29 is 0 Å². The quantitative estimate of drug-likeness (QED) is 0.156. The molecule has 68 heavy (non-hydrogen) atoms. The maximum Gasteiger partial charge on any atom is 0.164 e. The zero-order valence-electron chi connectivity index (χ0n) is 36.8. The van der Waals surface area contributed by atoms with Gasteiger partial charge in [-0.1, -0.05) is 188 Å². The molecule has 0 spiro atoms. The molecule has 3 heterocycles. The summed E-state index contributed by atoms with van der Waals surface area (Å²) < 4.78 is 4.85. The van der Waals surface area contributed by atoms with Crippen LogP contribution in [0.4, 0.5) is 0 Å². The molecule has 14 rings (SSSR count). The first-order valence-electron chi connectivity index (χ1n) is 23.1. The summed E-state index contributed by atoms with van der Waals surface area (Å²) >= 11 is 0. The van der Waals surface area contributed by atoms with Gasteiger partial charge in [0, 0.05) is 60.6 Å². The maximum atomic E-state index is 5.27. The van der Waals surface area contributed by atoms with Crippen molar-refractivity contribution in [2.75, 3.05) is 0 Å². The third-order valence-corrected chi connectivity index (χ3v) is 13.7. The van der Waals surface area contributed by atoms with E-state index in [9.17, 15) is 0 Å². The largest absolute Gasteiger partial charge is 0.309 e. The molecule has 0 bridgehead atoms. The molecule has 0 atom stereocenters. The Morgan fingerprint density at radius 2 is 0.779 bits per heavy atom. The van der Waals surface area contributed by atoms with Crippen LogP contribution in [0.5, 0.6) is 0 Å². The lowest BCUT2D eigenvalue weighted by Gasteiger charge is -2.15. The molecule has 0 aliphatic heterocycles. The number of rotatable bonds is 6. The highest BCUT2D eigenvalue weighted by atomic mass is 15.0. The number of aromatic nitrogens is 5. The molecule has 11 aromatic carbocycles. The third-order valence-electron chi connectivity index (χ3n) is 13.7. The molecular formula is C63H39N5. The number of hydrogen-bond donors (Lipinski definition) is 0. The highest BCUT2D eigenvalue weighted by Gasteiger charge is 2.21. The fraction of sp³-hybridized carbons (Fsp3) is 0. The van der Waals surface area contributed by atoms with E-state index >= 15 is 0 Å². The Morgan fingerprint density at radius 1 is 0.250 bits per heavy atom. The van der Waals surface area contributed by atoms with E-state index in [4.69, 9.17) is 15.0 Å². The Balaban J connectivity index is 0.990. The number of fused-ring (bicyclic) bond motifs is 11. The summed E-state index contributed by atoms with van der Waals surface area (Å²) in [5, 5.41) is 12.0. The molecule has 0 saturated heterocycles. The van der Waals surface area contributed by atoms with E-state index in [1.54, 1.807) is 0 Å². The van der Waals surface area contributed by atoms with Crippen LogP contribution in [-0.4, -0.2) is 24.1 Å². The summed E-state index contributed by atoms with van der Waals surface area (Å²) in [6.07, 6.45) is 0. The molecule has 0 aliphatic rings. The van der Waals surface area contributed by atoms with Crippen LogP contribution in [0, 0.1) is 0 Å². The van der Waals surface area contributed by atoms with Gasteiger partial charge >= 0.3 is 0 Å². The molecule has 0 unspecified atom stereocenters. The van der Waals surface area contributed by atoms with E-state index in [1.807, 2.05) is 18.2 Å². The zero-order chi connectivity index (χ0) is 44.7. The van der Waals surface area contributed by atoms with Gasteiger partial charge in [-0.3, -0.25) is 0 Å². The van der Waals surface area contributed by atoms with Gasteiger partial charge in [0.05, 0.1) is 22.1 Å². The molecule has 0 amide bonds. The second-order valence-corrected chi connectivity index (χ2v) is 17.6. The first kappa shape index (κ1) is 38.1. The molecule has 0 N–H and O–H groups in total. The van der Waals surface area contributed by atoms with Crippen molar-refractivity contribution in [2.24, 2.45) is 0 Å². The van der Waals surface area contributed by atoms with Gasteiger partial charge in [-0.15, -0.1) is 0 Å². The van der Waals surface area contributed by atoms with Crippen molar-refractivity contribution in [2.45, 2.75) is 0 Å². The fourth-order valence-electron chi connectivity index (χ4n) is 10.6. The van der Waals surface area contributed by atoms with Gasteiger partial charge in [0.15, 0.2) is 17.5 Å². The second-order valence-electron chi connectivity index (χ2n) is 17.6. The van der Waals surface area contributed by atoms with Crippen molar-refractivity contribution in [1.82, 2.24) is 24.1 Å². The molecule has 0 radical (unpaired) electrons. The first-order chi connectivity index (χ1) is 33.7. The minimum atomic E-state index is 0.611. The van der Waals surface area contributed by atoms with Crippen LogP contribution in [-0.2, 0) is 0 Å². The van der Waals surface area contributed by atoms with Gasteiger partial charge in [0.1, 0.15) is 0 Å². The van der Waals surface area contributed by atoms with E-state index in [1.165, 1.54) is 59.5 Å². The summed E-state index contributed by atoms with van der Waals surface area (Å²) in [4.78, 5) is 15.6. The Hall–Kier alpha value is -9.19. The summed E-state index contributed by atoms with van der Waals surface area (Å²) in [5.41, 5.74) is 11.9. The molecular weight excluding hydrogens is 827 g/mol. The molecule has 316 valence electrons. The van der Waals surface area contributed by atoms with Gasteiger partial charge in [-0.2, -0.15) is 0 Å². The van der Waals surface area contributed by atoms with Crippen molar-refractivity contribution in [1.29, 1.82) is 0 Å². The second kappa shape index (κ2) is 15.2. The Morgan fingerprint density at radius 3 is 1.60 bits per heavy atom. The van der Waals surface area contributed by atoms with Crippen LogP contribution < -0.4 is 0 Å². The van der Waals surface area contributed by atoms with E-state index in [0.717, 1.165) is 55.6 Å². The van der Waals surface area contributed by atoms with Crippen LogP contribution >= 0.6 is 0 Å². The SMILES string of the molecule is c1ccc(-c2nc(-c3cccc(-n4c5c(-c6ccc7c(c6)c6ccccc6n7-c6ccccc6)cccc5c5ccc6ccccc6c54)c3)nc(-c3ccc4c(ccc5ccccc54)c3)n2)cc1. The van der Waals surface area contributed by atoms with Crippen LogP contribution in [0.2, 0.25) is 0 Å². The number of hydrogen-bond acceptors (Lipinski definition) is 3. The summed E-state index contributed by atoms with van der Waals surface area (Å²) in [6, 6.07) is 84.7. The van der Waals surface area contributed by atoms with E-state index in [-0.39, 0.29) is 0 Å². The normalized spacial score (nSPS) is 11.8. The lowest BCUT2D eigenvalue weighted by molar-refractivity contribution is 1.07. The minimum Gasteiger partial charge on any atom is -0.309 e. The van der Waals surface area contributed by atoms with E-state index in [2.05, 4.69) is 228 Å². The third kappa shape index (κ3) is 5.99. The smallest absolute Gasteiger partial charge is 0.164 e. The molecule has 5 heteroatoms. The average Bonchev–Trinajstić information content (AvgIpc) is 3.94. The molecule has 0 saturated carbocycles. The Labute approximate surface area is 391 Å². The number of para-hydroxylation sites is 3. The zero-order valence-corrected chi connectivity index (χ0v) is 36.8.